The summed E-state index contributed by atoms with van der Waals surface area (Å²) in [5, 5.41) is 11.0. The fourth-order valence-electron chi connectivity index (χ4n) is 2.44. The van der Waals surface area contributed by atoms with Crippen LogP contribution in [0.4, 0.5) is 5.13 Å². The molecule has 0 radical (unpaired) electrons. The van der Waals surface area contributed by atoms with Crippen LogP contribution in [-0.2, 0) is 0 Å². The van der Waals surface area contributed by atoms with E-state index in [2.05, 4.69) is 24.9 Å². The second-order valence-corrected chi connectivity index (χ2v) is 6.12. The second kappa shape index (κ2) is 5.86. The summed E-state index contributed by atoms with van der Waals surface area (Å²) in [6, 6.07) is 15.5. The van der Waals surface area contributed by atoms with Crippen LogP contribution < -0.4 is 5.32 Å². The number of nitrogens with zero attached hydrogens (tertiary/aromatic N) is 3. The number of H-pyrrole nitrogens is 1. The zero-order valence-corrected chi connectivity index (χ0v) is 13.6. The Kier molecular flexibility index (Phi) is 3.55. The monoisotopic (exact) mass is 335 g/mol. The molecule has 6 nitrogen and oxygen atoms in total. The van der Waals surface area contributed by atoms with E-state index in [0.717, 1.165) is 33.6 Å². The fraction of sp³-hybridized carbons (Fsp3) is 0.0588. The Morgan fingerprint density at radius 1 is 1.17 bits per heavy atom. The number of hydrogen-bond acceptors (Lipinski definition) is 5. The van der Waals surface area contributed by atoms with Crippen LogP contribution >= 0.6 is 11.5 Å². The highest BCUT2D eigenvalue weighted by atomic mass is 32.1. The van der Waals surface area contributed by atoms with Crippen molar-refractivity contribution in [1.29, 1.82) is 0 Å². The maximum absolute atomic E-state index is 12.5. The van der Waals surface area contributed by atoms with Crippen LogP contribution in [0.1, 0.15) is 16.1 Å². The molecule has 2 aromatic heterocycles. The molecule has 2 aromatic carbocycles. The van der Waals surface area contributed by atoms with E-state index >= 15 is 0 Å². The number of aromatic nitrogens is 4. The average Bonchev–Trinajstić information content (AvgIpc) is 3.22. The van der Waals surface area contributed by atoms with E-state index in [1.54, 1.807) is 0 Å². The largest absolute Gasteiger partial charge is 0.295 e. The normalized spacial score (nSPS) is 10.9. The lowest BCUT2D eigenvalue weighted by molar-refractivity contribution is 0.102. The van der Waals surface area contributed by atoms with Crippen molar-refractivity contribution in [1.82, 2.24) is 19.6 Å². The van der Waals surface area contributed by atoms with E-state index in [1.807, 2.05) is 55.5 Å². The molecule has 2 N–H and O–H groups in total. The molecule has 0 saturated carbocycles. The molecule has 118 valence electrons. The predicted molar refractivity (Wildman–Crippen MR) is 94.1 cm³/mol. The lowest BCUT2D eigenvalue weighted by Crippen LogP contribution is -2.12. The Bertz CT molecular complexity index is 1020. The van der Waals surface area contributed by atoms with Crippen molar-refractivity contribution in [3.05, 3.63) is 59.8 Å². The van der Waals surface area contributed by atoms with E-state index in [9.17, 15) is 4.79 Å². The lowest BCUT2D eigenvalue weighted by Gasteiger charge is -1.99. The number of aromatic amines is 1. The third-order valence-corrected chi connectivity index (χ3v) is 4.24. The highest BCUT2D eigenvalue weighted by molar-refractivity contribution is 7.10. The van der Waals surface area contributed by atoms with E-state index in [4.69, 9.17) is 0 Å². The minimum absolute atomic E-state index is 0.303. The number of fused-ring (bicyclic) bond motifs is 1. The second-order valence-electron chi connectivity index (χ2n) is 5.36. The zero-order chi connectivity index (χ0) is 16.5. The molecule has 0 bridgehead atoms. The highest BCUT2D eigenvalue weighted by Gasteiger charge is 2.16. The Morgan fingerprint density at radius 3 is 2.83 bits per heavy atom. The van der Waals surface area contributed by atoms with Gasteiger partial charge in [0.15, 0.2) is 11.5 Å². The van der Waals surface area contributed by atoms with Crippen molar-refractivity contribution in [2.24, 2.45) is 0 Å². The molecule has 0 aliphatic carbocycles. The highest BCUT2D eigenvalue weighted by Crippen LogP contribution is 2.22. The standard InChI is InChI=1S/C17H13N5OS/c1-10-7-8-13-12(9-10)14(21-20-13)16(23)19-17-18-15(22-24-17)11-5-3-2-4-6-11/h2-9H,1H3,(H,20,21)(H,18,19,22,23). The number of rotatable bonds is 3. The molecule has 0 unspecified atom stereocenters. The van der Waals surface area contributed by atoms with Crippen molar-refractivity contribution in [3.8, 4) is 11.4 Å². The van der Waals surface area contributed by atoms with Gasteiger partial charge in [0.05, 0.1) is 5.52 Å². The topological polar surface area (TPSA) is 83.6 Å². The van der Waals surface area contributed by atoms with E-state index in [0.29, 0.717) is 16.6 Å². The first kappa shape index (κ1) is 14.5. The van der Waals surface area contributed by atoms with E-state index < -0.39 is 0 Å². The van der Waals surface area contributed by atoms with Crippen LogP contribution in [-0.4, -0.2) is 25.5 Å². The van der Waals surface area contributed by atoms with Crippen LogP contribution in [0, 0.1) is 6.92 Å². The summed E-state index contributed by atoms with van der Waals surface area (Å²) < 4.78 is 4.28. The van der Waals surface area contributed by atoms with Gasteiger partial charge in [0.1, 0.15) is 0 Å². The third-order valence-electron chi connectivity index (χ3n) is 3.61. The van der Waals surface area contributed by atoms with E-state index in [1.165, 1.54) is 0 Å². The van der Waals surface area contributed by atoms with Gasteiger partial charge in [-0.25, -0.2) is 0 Å². The van der Waals surface area contributed by atoms with Gasteiger partial charge in [0, 0.05) is 22.5 Å². The number of anilines is 1. The maximum Gasteiger partial charge on any atom is 0.278 e. The van der Waals surface area contributed by atoms with Gasteiger partial charge in [-0.1, -0.05) is 42.0 Å². The summed E-state index contributed by atoms with van der Waals surface area (Å²) in [4.78, 5) is 16.9. The number of nitrogens with one attached hydrogen (secondary N) is 2. The van der Waals surface area contributed by atoms with Crippen LogP contribution in [0.15, 0.2) is 48.5 Å². The molecule has 0 aliphatic rings. The molecule has 0 saturated heterocycles. The first-order valence-electron chi connectivity index (χ1n) is 7.36. The lowest BCUT2D eigenvalue weighted by atomic mass is 10.1. The van der Waals surface area contributed by atoms with Gasteiger partial charge in [0.2, 0.25) is 5.13 Å². The zero-order valence-electron chi connectivity index (χ0n) is 12.8. The molecule has 0 fully saturated rings. The number of benzene rings is 2. The quantitative estimate of drug-likeness (QED) is 0.599. The molecule has 1 amide bonds. The van der Waals surface area contributed by atoms with E-state index in [-0.39, 0.29) is 5.91 Å². The van der Waals surface area contributed by atoms with Crippen LogP contribution in [0.25, 0.3) is 22.3 Å². The molecule has 0 atom stereocenters. The molecule has 4 rings (SSSR count). The number of hydrogen-bond donors (Lipinski definition) is 2. The minimum Gasteiger partial charge on any atom is -0.295 e. The summed E-state index contributed by atoms with van der Waals surface area (Å²) in [6.45, 7) is 1.98. The van der Waals surface area contributed by atoms with Crippen LogP contribution in [0.2, 0.25) is 0 Å². The molecular formula is C17H13N5OS. The Balaban J connectivity index is 1.60. The molecule has 2 heterocycles. The Morgan fingerprint density at radius 2 is 2.00 bits per heavy atom. The fourth-order valence-corrected chi connectivity index (χ4v) is 3.02. The third kappa shape index (κ3) is 2.65. The number of amides is 1. The Hall–Kier alpha value is -3.06. The molecule has 0 spiro atoms. The average molecular weight is 335 g/mol. The summed E-state index contributed by atoms with van der Waals surface area (Å²) in [5.74, 6) is 0.293. The van der Waals surface area contributed by atoms with Crippen molar-refractivity contribution >= 4 is 33.5 Å². The van der Waals surface area contributed by atoms with Gasteiger partial charge in [-0.05, 0) is 19.1 Å². The Labute approximate surface area is 141 Å². The maximum atomic E-state index is 12.5. The smallest absolute Gasteiger partial charge is 0.278 e. The summed E-state index contributed by atoms with van der Waals surface area (Å²) >= 11 is 1.15. The van der Waals surface area contributed by atoms with Crippen LogP contribution in [0.5, 0.6) is 0 Å². The van der Waals surface area contributed by atoms with Crippen molar-refractivity contribution in [2.75, 3.05) is 5.32 Å². The van der Waals surface area contributed by atoms with Crippen LogP contribution in [0.3, 0.4) is 0 Å². The van der Waals surface area contributed by atoms with Gasteiger partial charge in [-0.3, -0.25) is 15.2 Å². The van der Waals surface area contributed by atoms with Crippen molar-refractivity contribution in [2.45, 2.75) is 6.92 Å². The minimum atomic E-state index is -0.303. The summed E-state index contributed by atoms with van der Waals surface area (Å²) in [5.41, 5.74) is 3.16. The predicted octanol–water partition coefficient (Wildman–Crippen LogP) is 3.64. The number of carbonyl (C=O) groups is 1. The van der Waals surface area contributed by atoms with Crippen molar-refractivity contribution < 1.29 is 4.79 Å². The SMILES string of the molecule is Cc1ccc2[nH]nc(C(=O)Nc3nc(-c4ccccc4)ns3)c2c1. The molecule has 24 heavy (non-hydrogen) atoms. The first-order chi connectivity index (χ1) is 11.7. The van der Waals surface area contributed by atoms with Gasteiger partial charge < -0.3 is 0 Å². The molecule has 0 aliphatic heterocycles. The van der Waals surface area contributed by atoms with Gasteiger partial charge in [-0.15, -0.1) is 0 Å². The molecular weight excluding hydrogens is 322 g/mol. The summed E-state index contributed by atoms with van der Waals surface area (Å²) in [7, 11) is 0. The number of aryl methyl sites for hydroxylation is 1. The van der Waals surface area contributed by atoms with Gasteiger partial charge in [0.25, 0.3) is 5.91 Å². The van der Waals surface area contributed by atoms with Gasteiger partial charge in [-0.2, -0.15) is 14.5 Å². The first-order valence-corrected chi connectivity index (χ1v) is 8.13. The molecule has 4 aromatic rings. The summed E-state index contributed by atoms with van der Waals surface area (Å²) in [6.07, 6.45) is 0. The number of carbonyl (C=O) groups excluding carboxylic acids is 1. The van der Waals surface area contributed by atoms with Crippen molar-refractivity contribution in [3.63, 3.8) is 0 Å². The van der Waals surface area contributed by atoms with Gasteiger partial charge >= 0.3 is 0 Å². The molecule has 7 heteroatoms.